The lowest BCUT2D eigenvalue weighted by Crippen LogP contribution is -2.07. The van der Waals surface area contributed by atoms with Crippen LogP contribution in [0.5, 0.6) is 0 Å². The van der Waals surface area contributed by atoms with E-state index in [1.807, 2.05) is 18.2 Å². The van der Waals surface area contributed by atoms with Gasteiger partial charge < -0.3 is 5.32 Å². The SMILES string of the molecule is Cc1csc2ncnc(NCCc3ccccc3Cl)c12. The molecule has 3 rings (SSSR count). The van der Waals surface area contributed by atoms with Gasteiger partial charge in [-0.25, -0.2) is 9.97 Å². The van der Waals surface area contributed by atoms with E-state index in [0.717, 1.165) is 39.6 Å². The summed E-state index contributed by atoms with van der Waals surface area (Å²) in [5.41, 5.74) is 2.36. The molecule has 3 aromatic rings. The third-order valence-electron chi connectivity index (χ3n) is 3.20. The van der Waals surface area contributed by atoms with E-state index >= 15 is 0 Å². The molecule has 0 radical (unpaired) electrons. The number of benzene rings is 1. The van der Waals surface area contributed by atoms with Crippen molar-refractivity contribution >= 4 is 39.0 Å². The molecule has 0 aliphatic heterocycles. The monoisotopic (exact) mass is 303 g/mol. The van der Waals surface area contributed by atoms with Gasteiger partial charge in [-0.2, -0.15) is 0 Å². The molecule has 0 saturated carbocycles. The highest BCUT2D eigenvalue weighted by Gasteiger charge is 2.08. The Morgan fingerprint density at radius 3 is 2.95 bits per heavy atom. The molecule has 2 heterocycles. The van der Waals surface area contributed by atoms with Gasteiger partial charge in [0.25, 0.3) is 0 Å². The predicted octanol–water partition coefficient (Wildman–Crippen LogP) is 4.31. The molecule has 5 heteroatoms. The maximum atomic E-state index is 6.16. The van der Waals surface area contributed by atoms with Crippen LogP contribution in [-0.4, -0.2) is 16.5 Å². The van der Waals surface area contributed by atoms with Crippen molar-refractivity contribution in [3.8, 4) is 0 Å². The average Bonchev–Trinajstić information content (AvgIpc) is 2.84. The van der Waals surface area contributed by atoms with Crippen molar-refractivity contribution in [2.45, 2.75) is 13.3 Å². The molecule has 0 saturated heterocycles. The molecule has 2 aromatic heterocycles. The number of hydrogen-bond acceptors (Lipinski definition) is 4. The number of nitrogens with one attached hydrogen (secondary N) is 1. The quantitative estimate of drug-likeness (QED) is 0.780. The van der Waals surface area contributed by atoms with E-state index in [2.05, 4.69) is 33.7 Å². The predicted molar refractivity (Wildman–Crippen MR) is 85.8 cm³/mol. The highest BCUT2D eigenvalue weighted by Crippen LogP contribution is 2.28. The summed E-state index contributed by atoms with van der Waals surface area (Å²) in [6, 6.07) is 7.92. The van der Waals surface area contributed by atoms with Crippen LogP contribution in [-0.2, 0) is 6.42 Å². The summed E-state index contributed by atoms with van der Waals surface area (Å²) in [5, 5.41) is 7.43. The van der Waals surface area contributed by atoms with Crippen LogP contribution in [0.25, 0.3) is 10.2 Å². The molecule has 3 nitrogen and oxygen atoms in total. The van der Waals surface area contributed by atoms with Crippen molar-refractivity contribution in [2.24, 2.45) is 0 Å². The second-order valence-electron chi connectivity index (χ2n) is 4.59. The number of thiophene rings is 1. The standard InChI is InChI=1S/C15H14ClN3S/c1-10-8-20-15-13(10)14(18-9-19-15)17-7-6-11-4-2-3-5-12(11)16/h2-5,8-9H,6-7H2,1H3,(H,17,18,19). The first kappa shape index (κ1) is 13.3. The van der Waals surface area contributed by atoms with Crippen molar-refractivity contribution in [1.82, 2.24) is 9.97 Å². The maximum absolute atomic E-state index is 6.16. The molecule has 0 amide bonds. The number of nitrogens with zero attached hydrogens (tertiary/aromatic N) is 2. The molecule has 20 heavy (non-hydrogen) atoms. The molecule has 0 aliphatic carbocycles. The van der Waals surface area contributed by atoms with Gasteiger partial charge in [-0.15, -0.1) is 11.3 Å². The minimum Gasteiger partial charge on any atom is -0.369 e. The summed E-state index contributed by atoms with van der Waals surface area (Å²) < 4.78 is 0. The summed E-state index contributed by atoms with van der Waals surface area (Å²) in [4.78, 5) is 9.66. The molecule has 1 N–H and O–H groups in total. The largest absolute Gasteiger partial charge is 0.369 e. The molecule has 1 aromatic carbocycles. The summed E-state index contributed by atoms with van der Waals surface area (Å²) >= 11 is 7.81. The second-order valence-corrected chi connectivity index (χ2v) is 5.85. The summed E-state index contributed by atoms with van der Waals surface area (Å²) in [6.45, 7) is 2.88. The number of aromatic nitrogens is 2. The van der Waals surface area contributed by atoms with Crippen LogP contribution in [0.15, 0.2) is 36.0 Å². The Morgan fingerprint density at radius 2 is 2.10 bits per heavy atom. The number of rotatable bonds is 4. The Labute approximate surface area is 126 Å². The Morgan fingerprint density at radius 1 is 1.25 bits per heavy atom. The van der Waals surface area contributed by atoms with Crippen molar-refractivity contribution in [2.75, 3.05) is 11.9 Å². The zero-order valence-electron chi connectivity index (χ0n) is 11.1. The molecule has 0 bridgehead atoms. The Bertz CT molecular complexity index is 739. The minimum absolute atomic E-state index is 0.797. The number of halogens is 1. The normalized spacial score (nSPS) is 10.9. The number of hydrogen-bond donors (Lipinski definition) is 1. The Kier molecular flexibility index (Phi) is 3.85. The average molecular weight is 304 g/mol. The van der Waals surface area contributed by atoms with Crippen molar-refractivity contribution in [3.05, 3.63) is 52.1 Å². The van der Waals surface area contributed by atoms with Crippen LogP contribution in [0.3, 0.4) is 0 Å². The van der Waals surface area contributed by atoms with Crippen LogP contribution in [0.4, 0.5) is 5.82 Å². The lowest BCUT2D eigenvalue weighted by Gasteiger charge is -2.08. The fourth-order valence-electron chi connectivity index (χ4n) is 2.17. The molecule has 0 fully saturated rings. The van der Waals surface area contributed by atoms with Crippen molar-refractivity contribution < 1.29 is 0 Å². The van der Waals surface area contributed by atoms with Crippen LogP contribution in [0, 0.1) is 6.92 Å². The number of fused-ring (bicyclic) bond motifs is 1. The lowest BCUT2D eigenvalue weighted by molar-refractivity contribution is 1.01. The van der Waals surface area contributed by atoms with Crippen molar-refractivity contribution in [1.29, 1.82) is 0 Å². The number of anilines is 1. The fourth-order valence-corrected chi connectivity index (χ4v) is 3.29. The minimum atomic E-state index is 0.797. The first-order valence-corrected chi connectivity index (χ1v) is 7.67. The third-order valence-corrected chi connectivity index (χ3v) is 4.57. The van der Waals surface area contributed by atoms with E-state index in [1.165, 1.54) is 5.56 Å². The first-order valence-electron chi connectivity index (χ1n) is 6.42. The van der Waals surface area contributed by atoms with Gasteiger partial charge in [0.05, 0.1) is 5.39 Å². The molecular formula is C15H14ClN3S. The van der Waals surface area contributed by atoms with E-state index in [0.29, 0.717) is 0 Å². The van der Waals surface area contributed by atoms with Crippen molar-refractivity contribution in [3.63, 3.8) is 0 Å². The second kappa shape index (κ2) is 5.77. The molecular weight excluding hydrogens is 290 g/mol. The molecule has 102 valence electrons. The van der Waals surface area contributed by atoms with E-state index in [-0.39, 0.29) is 0 Å². The van der Waals surface area contributed by atoms with Gasteiger partial charge in [0, 0.05) is 11.6 Å². The molecule has 0 spiro atoms. The van der Waals surface area contributed by atoms with E-state index < -0.39 is 0 Å². The smallest absolute Gasteiger partial charge is 0.138 e. The molecule has 0 aliphatic rings. The summed E-state index contributed by atoms with van der Waals surface area (Å²) in [5.74, 6) is 0.904. The Balaban J connectivity index is 1.75. The maximum Gasteiger partial charge on any atom is 0.138 e. The van der Waals surface area contributed by atoms with E-state index in [9.17, 15) is 0 Å². The van der Waals surface area contributed by atoms with Crippen LogP contribution in [0.1, 0.15) is 11.1 Å². The van der Waals surface area contributed by atoms with Gasteiger partial charge >= 0.3 is 0 Å². The van der Waals surface area contributed by atoms with Gasteiger partial charge in [0.1, 0.15) is 17.0 Å². The molecule has 0 atom stereocenters. The van der Waals surface area contributed by atoms with Gasteiger partial charge in [-0.1, -0.05) is 29.8 Å². The van der Waals surface area contributed by atoms with E-state index in [1.54, 1.807) is 17.7 Å². The van der Waals surface area contributed by atoms with E-state index in [4.69, 9.17) is 11.6 Å². The number of aryl methyl sites for hydroxylation is 1. The zero-order valence-corrected chi connectivity index (χ0v) is 12.6. The topological polar surface area (TPSA) is 37.8 Å². The highest BCUT2D eigenvalue weighted by atomic mass is 35.5. The lowest BCUT2D eigenvalue weighted by atomic mass is 10.1. The zero-order chi connectivity index (χ0) is 13.9. The third kappa shape index (κ3) is 2.62. The van der Waals surface area contributed by atoms with Crippen LogP contribution in [0.2, 0.25) is 5.02 Å². The summed E-state index contributed by atoms with van der Waals surface area (Å²) in [6.07, 6.45) is 2.48. The fraction of sp³-hybridized carbons (Fsp3) is 0.200. The van der Waals surface area contributed by atoms with Gasteiger partial charge in [-0.3, -0.25) is 0 Å². The summed E-state index contributed by atoms with van der Waals surface area (Å²) in [7, 11) is 0. The first-order chi connectivity index (χ1) is 9.75. The van der Waals surface area contributed by atoms with Crippen LogP contribution < -0.4 is 5.32 Å². The highest BCUT2D eigenvalue weighted by molar-refractivity contribution is 7.17. The van der Waals surface area contributed by atoms with Gasteiger partial charge in [-0.05, 0) is 35.9 Å². The Hall–Kier alpha value is -1.65. The van der Waals surface area contributed by atoms with Crippen LogP contribution >= 0.6 is 22.9 Å². The van der Waals surface area contributed by atoms with Gasteiger partial charge in [0.15, 0.2) is 0 Å². The molecule has 0 unspecified atom stereocenters. The van der Waals surface area contributed by atoms with Gasteiger partial charge in [0.2, 0.25) is 0 Å².